The number of hydrazine groups is 1. The monoisotopic (exact) mass is 222 g/mol. The Morgan fingerprint density at radius 2 is 2.38 bits per heavy atom. The molecule has 0 spiro atoms. The van der Waals surface area contributed by atoms with Crippen LogP contribution in [-0.2, 0) is 0 Å². The molecular formula is C11H18N4O. The molecule has 5 heteroatoms. The summed E-state index contributed by atoms with van der Waals surface area (Å²) in [6.45, 7) is 5.86. The van der Waals surface area contributed by atoms with E-state index in [-0.39, 0.29) is 6.04 Å². The van der Waals surface area contributed by atoms with Crippen LogP contribution in [0, 0.1) is 0 Å². The van der Waals surface area contributed by atoms with Crippen molar-refractivity contribution in [3.8, 4) is 5.88 Å². The van der Waals surface area contributed by atoms with Crippen LogP contribution in [0.1, 0.15) is 31.5 Å². The third-order valence-corrected chi connectivity index (χ3v) is 2.29. The van der Waals surface area contributed by atoms with E-state index in [4.69, 9.17) is 10.6 Å². The Bertz CT molecular complexity index is 354. The predicted molar refractivity (Wildman–Crippen MR) is 62.7 cm³/mol. The SMILES string of the molecule is C=C(C)CCC(NN)c1cc(OC)ncn1. The van der Waals surface area contributed by atoms with Crippen molar-refractivity contribution in [1.82, 2.24) is 15.4 Å². The molecule has 0 saturated heterocycles. The number of nitrogens with zero attached hydrogens (tertiary/aromatic N) is 2. The molecule has 0 saturated carbocycles. The molecular weight excluding hydrogens is 204 g/mol. The number of methoxy groups -OCH3 is 1. The molecule has 0 aromatic carbocycles. The zero-order chi connectivity index (χ0) is 12.0. The Balaban J connectivity index is 2.73. The van der Waals surface area contributed by atoms with Gasteiger partial charge in [-0.05, 0) is 19.8 Å². The summed E-state index contributed by atoms with van der Waals surface area (Å²) in [6, 6.07) is 1.77. The molecule has 1 aromatic rings. The molecule has 0 amide bonds. The number of hydrogen-bond donors (Lipinski definition) is 2. The molecule has 1 aromatic heterocycles. The van der Waals surface area contributed by atoms with Crippen molar-refractivity contribution in [2.75, 3.05) is 7.11 Å². The van der Waals surface area contributed by atoms with Crippen LogP contribution in [0.3, 0.4) is 0 Å². The van der Waals surface area contributed by atoms with Gasteiger partial charge in [-0.25, -0.2) is 9.97 Å². The number of nitrogens with one attached hydrogen (secondary N) is 1. The van der Waals surface area contributed by atoms with E-state index in [1.165, 1.54) is 6.33 Å². The van der Waals surface area contributed by atoms with Crippen molar-refractivity contribution in [3.63, 3.8) is 0 Å². The van der Waals surface area contributed by atoms with E-state index in [2.05, 4.69) is 22.0 Å². The summed E-state index contributed by atoms with van der Waals surface area (Å²) < 4.78 is 5.04. The molecule has 0 aliphatic heterocycles. The Morgan fingerprint density at radius 3 is 2.94 bits per heavy atom. The molecule has 5 nitrogen and oxygen atoms in total. The van der Waals surface area contributed by atoms with E-state index in [0.29, 0.717) is 5.88 Å². The molecule has 1 heterocycles. The zero-order valence-electron chi connectivity index (χ0n) is 9.73. The van der Waals surface area contributed by atoms with Gasteiger partial charge in [0.15, 0.2) is 0 Å². The highest BCUT2D eigenvalue weighted by Gasteiger charge is 2.12. The average Bonchev–Trinajstić information content (AvgIpc) is 2.30. The van der Waals surface area contributed by atoms with Gasteiger partial charge >= 0.3 is 0 Å². The fourth-order valence-corrected chi connectivity index (χ4v) is 1.36. The van der Waals surface area contributed by atoms with Gasteiger partial charge in [0.2, 0.25) is 5.88 Å². The Hall–Kier alpha value is -1.46. The number of ether oxygens (including phenoxy) is 1. The predicted octanol–water partition coefficient (Wildman–Crippen LogP) is 1.35. The van der Waals surface area contributed by atoms with Crippen LogP contribution in [0.4, 0.5) is 0 Å². The number of nitrogens with two attached hydrogens (primary N) is 1. The van der Waals surface area contributed by atoms with E-state index in [1.807, 2.05) is 6.92 Å². The molecule has 1 unspecified atom stereocenters. The molecule has 1 atom stereocenters. The summed E-state index contributed by atoms with van der Waals surface area (Å²) in [5.74, 6) is 6.04. The maximum absolute atomic E-state index is 5.50. The highest BCUT2D eigenvalue weighted by atomic mass is 16.5. The summed E-state index contributed by atoms with van der Waals surface area (Å²) in [5, 5.41) is 0. The standard InChI is InChI=1S/C11H18N4O/c1-8(2)4-5-9(15-12)10-6-11(16-3)14-7-13-10/h6-7,9,15H,1,4-5,12H2,2-3H3. The minimum Gasteiger partial charge on any atom is -0.481 e. The first kappa shape index (κ1) is 12.6. The van der Waals surface area contributed by atoms with Crippen LogP contribution in [-0.4, -0.2) is 17.1 Å². The maximum Gasteiger partial charge on any atom is 0.216 e. The van der Waals surface area contributed by atoms with Crippen molar-refractivity contribution < 1.29 is 4.74 Å². The molecule has 0 fully saturated rings. The fraction of sp³-hybridized carbons (Fsp3) is 0.455. The summed E-state index contributed by atoms with van der Waals surface area (Å²) in [4.78, 5) is 8.12. The number of hydrogen-bond acceptors (Lipinski definition) is 5. The Labute approximate surface area is 95.7 Å². The third kappa shape index (κ3) is 3.60. The average molecular weight is 222 g/mol. The third-order valence-electron chi connectivity index (χ3n) is 2.29. The minimum atomic E-state index is -0.00593. The molecule has 0 radical (unpaired) electrons. The van der Waals surface area contributed by atoms with Crippen molar-refractivity contribution in [3.05, 3.63) is 30.2 Å². The lowest BCUT2D eigenvalue weighted by Crippen LogP contribution is -2.28. The van der Waals surface area contributed by atoms with Crippen LogP contribution < -0.4 is 16.0 Å². The fourth-order valence-electron chi connectivity index (χ4n) is 1.36. The van der Waals surface area contributed by atoms with E-state index in [9.17, 15) is 0 Å². The first-order chi connectivity index (χ1) is 7.67. The minimum absolute atomic E-state index is 0.00593. The van der Waals surface area contributed by atoms with E-state index < -0.39 is 0 Å². The van der Waals surface area contributed by atoms with Gasteiger partial charge in [-0.15, -0.1) is 6.58 Å². The number of allylic oxidation sites excluding steroid dienone is 1. The Morgan fingerprint density at radius 1 is 1.62 bits per heavy atom. The van der Waals surface area contributed by atoms with Crippen molar-refractivity contribution in [2.45, 2.75) is 25.8 Å². The summed E-state index contributed by atoms with van der Waals surface area (Å²) in [7, 11) is 1.57. The number of aromatic nitrogens is 2. The van der Waals surface area contributed by atoms with Crippen LogP contribution >= 0.6 is 0 Å². The van der Waals surface area contributed by atoms with Gasteiger partial charge in [-0.2, -0.15) is 0 Å². The van der Waals surface area contributed by atoms with Gasteiger partial charge in [0.1, 0.15) is 6.33 Å². The van der Waals surface area contributed by atoms with Gasteiger partial charge in [-0.1, -0.05) is 5.57 Å². The molecule has 88 valence electrons. The van der Waals surface area contributed by atoms with Gasteiger partial charge in [0, 0.05) is 6.07 Å². The second-order valence-electron chi connectivity index (χ2n) is 3.70. The van der Waals surface area contributed by atoms with E-state index in [0.717, 1.165) is 24.1 Å². The lowest BCUT2D eigenvalue weighted by atomic mass is 10.1. The summed E-state index contributed by atoms with van der Waals surface area (Å²) in [5.41, 5.74) is 4.69. The van der Waals surface area contributed by atoms with E-state index >= 15 is 0 Å². The van der Waals surface area contributed by atoms with Gasteiger partial charge in [0.05, 0.1) is 18.8 Å². The topological polar surface area (TPSA) is 73.1 Å². The van der Waals surface area contributed by atoms with Crippen molar-refractivity contribution in [2.24, 2.45) is 5.84 Å². The smallest absolute Gasteiger partial charge is 0.216 e. The van der Waals surface area contributed by atoms with Crippen LogP contribution in [0.5, 0.6) is 5.88 Å². The molecule has 0 bridgehead atoms. The molecule has 0 aliphatic carbocycles. The Kier molecular flexibility index (Phi) is 4.88. The van der Waals surface area contributed by atoms with Crippen molar-refractivity contribution in [1.29, 1.82) is 0 Å². The van der Waals surface area contributed by atoms with Crippen LogP contribution in [0.2, 0.25) is 0 Å². The second-order valence-corrected chi connectivity index (χ2v) is 3.70. The first-order valence-corrected chi connectivity index (χ1v) is 5.13. The zero-order valence-corrected chi connectivity index (χ0v) is 9.73. The summed E-state index contributed by atoms with van der Waals surface area (Å²) in [6.07, 6.45) is 3.23. The van der Waals surface area contributed by atoms with Gasteiger partial charge < -0.3 is 4.74 Å². The van der Waals surface area contributed by atoms with Gasteiger partial charge in [-0.3, -0.25) is 11.3 Å². The highest BCUT2D eigenvalue weighted by Crippen LogP contribution is 2.19. The quantitative estimate of drug-likeness (QED) is 0.432. The first-order valence-electron chi connectivity index (χ1n) is 5.13. The molecule has 3 N–H and O–H groups in total. The van der Waals surface area contributed by atoms with Crippen molar-refractivity contribution >= 4 is 0 Å². The van der Waals surface area contributed by atoms with Crippen LogP contribution in [0.25, 0.3) is 0 Å². The summed E-state index contributed by atoms with van der Waals surface area (Å²) >= 11 is 0. The maximum atomic E-state index is 5.50. The van der Waals surface area contributed by atoms with E-state index in [1.54, 1.807) is 13.2 Å². The second kappa shape index (κ2) is 6.19. The van der Waals surface area contributed by atoms with Gasteiger partial charge in [0.25, 0.3) is 0 Å². The molecule has 16 heavy (non-hydrogen) atoms. The van der Waals surface area contributed by atoms with Crippen LogP contribution in [0.15, 0.2) is 24.5 Å². The molecule has 0 aliphatic rings. The lowest BCUT2D eigenvalue weighted by Gasteiger charge is -2.15. The lowest BCUT2D eigenvalue weighted by molar-refractivity contribution is 0.393. The number of rotatable bonds is 6. The highest BCUT2D eigenvalue weighted by molar-refractivity contribution is 5.16. The molecule has 1 rings (SSSR count). The normalized spacial score (nSPS) is 12.2. The largest absolute Gasteiger partial charge is 0.481 e.